The minimum Gasteiger partial charge on any atom is -0.477 e. The molecule has 2 N–H and O–H groups in total. The van der Waals surface area contributed by atoms with Crippen molar-refractivity contribution in [1.29, 1.82) is 0 Å². The van der Waals surface area contributed by atoms with Crippen molar-refractivity contribution < 1.29 is 9.90 Å². The quantitative estimate of drug-likeness (QED) is 0.396. The Morgan fingerprint density at radius 2 is 1.46 bits per heavy atom. The molecular formula is C20H36N2O2. The monoisotopic (exact) mass is 336 g/mol. The second-order valence-corrected chi connectivity index (χ2v) is 6.85. The van der Waals surface area contributed by atoms with Gasteiger partial charge < -0.3 is 15.0 Å². The summed E-state index contributed by atoms with van der Waals surface area (Å²) in [5.74, 6) is -0.879. The molecule has 0 bridgehead atoms. The zero-order valence-corrected chi connectivity index (χ0v) is 15.6. The fourth-order valence-electron chi connectivity index (χ4n) is 3.07. The van der Waals surface area contributed by atoms with Gasteiger partial charge in [-0.3, -0.25) is 0 Å². The summed E-state index contributed by atoms with van der Waals surface area (Å²) < 4.78 is 1.65. The summed E-state index contributed by atoms with van der Waals surface area (Å²) in [5, 5.41) is 12.3. The lowest BCUT2D eigenvalue weighted by Crippen LogP contribution is -2.02. The molecule has 0 saturated heterocycles. The molecule has 1 aromatic heterocycles. The normalized spacial score (nSPS) is 10.9. The fourth-order valence-corrected chi connectivity index (χ4v) is 3.07. The van der Waals surface area contributed by atoms with Gasteiger partial charge in [0.05, 0.1) is 5.69 Å². The molecule has 0 aliphatic heterocycles. The first-order chi connectivity index (χ1) is 11.6. The standard InChI is InChI=1S/C20H36N2O2/c1-3-4-5-6-7-8-9-10-11-12-13-14-15-21-18-16-19(20(23)24)22(2)17-18/h16-17,21H,3-15H2,1-2H3,(H,23,24). The molecule has 1 rings (SSSR count). The third-order valence-electron chi connectivity index (χ3n) is 4.58. The van der Waals surface area contributed by atoms with Gasteiger partial charge in [0.25, 0.3) is 0 Å². The highest BCUT2D eigenvalue weighted by Crippen LogP contribution is 2.14. The van der Waals surface area contributed by atoms with Crippen molar-refractivity contribution in [2.24, 2.45) is 7.05 Å². The highest BCUT2D eigenvalue weighted by molar-refractivity contribution is 5.87. The first kappa shape index (κ1) is 20.6. The maximum absolute atomic E-state index is 11.0. The Morgan fingerprint density at radius 3 is 1.92 bits per heavy atom. The van der Waals surface area contributed by atoms with Gasteiger partial charge in [-0.1, -0.05) is 77.6 Å². The smallest absolute Gasteiger partial charge is 0.352 e. The SMILES string of the molecule is CCCCCCCCCCCCCCNc1cc(C(=O)O)n(C)c1. The van der Waals surface area contributed by atoms with Crippen molar-refractivity contribution >= 4 is 11.7 Å². The Kier molecular flexibility index (Phi) is 11.1. The lowest BCUT2D eigenvalue weighted by Gasteiger charge is -2.04. The van der Waals surface area contributed by atoms with E-state index in [1.165, 1.54) is 70.6 Å². The Morgan fingerprint density at radius 1 is 0.958 bits per heavy atom. The van der Waals surface area contributed by atoms with Crippen molar-refractivity contribution in [2.45, 2.75) is 84.0 Å². The van der Waals surface area contributed by atoms with Crippen molar-refractivity contribution in [2.75, 3.05) is 11.9 Å². The van der Waals surface area contributed by atoms with Crippen LogP contribution in [0.15, 0.2) is 12.3 Å². The van der Waals surface area contributed by atoms with Crippen molar-refractivity contribution in [1.82, 2.24) is 4.57 Å². The van der Waals surface area contributed by atoms with E-state index in [9.17, 15) is 4.79 Å². The van der Waals surface area contributed by atoms with E-state index in [-0.39, 0.29) is 0 Å². The van der Waals surface area contributed by atoms with Crippen LogP contribution in [0.5, 0.6) is 0 Å². The molecule has 24 heavy (non-hydrogen) atoms. The van der Waals surface area contributed by atoms with E-state index in [1.54, 1.807) is 17.7 Å². The topological polar surface area (TPSA) is 54.3 Å². The first-order valence-electron chi connectivity index (χ1n) is 9.78. The van der Waals surface area contributed by atoms with Crippen molar-refractivity contribution in [3.05, 3.63) is 18.0 Å². The van der Waals surface area contributed by atoms with Crippen LogP contribution in [-0.2, 0) is 7.05 Å². The number of rotatable bonds is 15. The number of hydrogen-bond acceptors (Lipinski definition) is 2. The van der Waals surface area contributed by atoms with Crippen LogP contribution in [0.2, 0.25) is 0 Å². The second kappa shape index (κ2) is 12.9. The number of aromatic carboxylic acids is 1. The maximum atomic E-state index is 11.0. The predicted molar refractivity (Wildman–Crippen MR) is 102 cm³/mol. The zero-order valence-electron chi connectivity index (χ0n) is 15.6. The third kappa shape index (κ3) is 8.99. The van der Waals surface area contributed by atoms with Gasteiger partial charge in [0.15, 0.2) is 0 Å². The Bertz CT molecular complexity index is 454. The van der Waals surface area contributed by atoms with E-state index in [2.05, 4.69) is 12.2 Å². The summed E-state index contributed by atoms with van der Waals surface area (Å²) >= 11 is 0. The highest BCUT2D eigenvalue weighted by Gasteiger charge is 2.09. The van der Waals surface area contributed by atoms with E-state index in [4.69, 9.17) is 5.11 Å². The minimum absolute atomic E-state index is 0.326. The summed E-state index contributed by atoms with van der Waals surface area (Å²) in [6.07, 6.45) is 18.1. The highest BCUT2D eigenvalue weighted by atomic mass is 16.4. The second-order valence-electron chi connectivity index (χ2n) is 6.85. The molecule has 0 spiro atoms. The largest absolute Gasteiger partial charge is 0.477 e. The van der Waals surface area contributed by atoms with Gasteiger partial charge in [-0.25, -0.2) is 4.79 Å². The Hall–Kier alpha value is -1.45. The number of aryl methyl sites for hydroxylation is 1. The molecule has 0 aliphatic rings. The van der Waals surface area contributed by atoms with Gasteiger partial charge >= 0.3 is 5.97 Å². The van der Waals surface area contributed by atoms with E-state index >= 15 is 0 Å². The average Bonchev–Trinajstić information content (AvgIpc) is 2.93. The summed E-state index contributed by atoms with van der Waals surface area (Å²) in [6, 6.07) is 1.70. The Balaban J connectivity index is 1.90. The fraction of sp³-hybridized carbons (Fsp3) is 0.750. The van der Waals surface area contributed by atoms with Gasteiger partial charge in [0.2, 0.25) is 0 Å². The number of hydrogen-bond donors (Lipinski definition) is 2. The lowest BCUT2D eigenvalue weighted by atomic mass is 10.1. The zero-order chi connectivity index (χ0) is 17.6. The van der Waals surface area contributed by atoms with Crippen LogP contribution in [0.25, 0.3) is 0 Å². The molecule has 1 heterocycles. The van der Waals surface area contributed by atoms with E-state index < -0.39 is 5.97 Å². The molecule has 0 amide bonds. The molecule has 4 nitrogen and oxygen atoms in total. The van der Waals surface area contributed by atoms with Crippen LogP contribution in [0.1, 0.15) is 94.5 Å². The predicted octanol–water partition coefficient (Wildman–Crippen LogP) is 5.84. The number of unbranched alkanes of at least 4 members (excludes halogenated alkanes) is 11. The summed E-state index contributed by atoms with van der Waals surface area (Å²) in [5.41, 5.74) is 1.23. The molecule has 0 radical (unpaired) electrons. The number of carboxylic acids is 1. The van der Waals surface area contributed by atoms with Crippen LogP contribution in [0.3, 0.4) is 0 Å². The van der Waals surface area contributed by atoms with Gasteiger partial charge in [-0.05, 0) is 12.5 Å². The van der Waals surface area contributed by atoms with Crippen LogP contribution in [-0.4, -0.2) is 22.2 Å². The molecule has 138 valence electrons. The van der Waals surface area contributed by atoms with Crippen molar-refractivity contribution in [3.63, 3.8) is 0 Å². The van der Waals surface area contributed by atoms with E-state index in [0.29, 0.717) is 5.69 Å². The molecule has 0 aromatic carbocycles. The summed E-state index contributed by atoms with van der Waals surface area (Å²) in [7, 11) is 1.76. The summed E-state index contributed by atoms with van der Waals surface area (Å²) in [6.45, 7) is 3.18. The van der Waals surface area contributed by atoms with Crippen LogP contribution in [0.4, 0.5) is 5.69 Å². The number of carbonyl (C=O) groups is 1. The van der Waals surface area contributed by atoms with Crippen LogP contribution >= 0.6 is 0 Å². The van der Waals surface area contributed by atoms with Crippen LogP contribution in [0, 0.1) is 0 Å². The van der Waals surface area contributed by atoms with Gasteiger partial charge in [-0.2, -0.15) is 0 Å². The lowest BCUT2D eigenvalue weighted by molar-refractivity contribution is 0.0686. The van der Waals surface area contributed by atoms with E-state index in [0.717, 1.165) is 18.7 Å². The Labute approximate surface area is 147 Å². The number of anilines is 1. The van der Waals surface area contributed by atoms with E-state index in [1.807, 2.05) is 6.20 Å². The molecular weight excluding hydrogens is 300 g/mol. The third-order valence-corrected chi connectivity index (χ3v) is 4.58. The molecule has 0 aliphatic carbocycles. The molecule has 4 heteroatoms. The molecule has 0 atom stereocenters. The first-order valence-corrected chi connectivity index (χ1v) is 9.78. The molecule has 1 aromatic rings. The average molecular weight is 337 g/mol. The van der Waals surface area contributed by atoms with Gasteiger partial charge in [-0.15, -0.1) is 0 Å². The minimum atomic E-state index is -0.879. The molecule has 0 saturated carbocycles. The van der Waals surface area contributed by atoms with Gasteiger partial charge in [0, 0.05) is 19.8 Å². The molecule has 0 fully saturated rings. The van der Waals surface area contributed by atoms with Crippen molar-refractivity contribution in [3.8, 4) is 0 Å². The van der Waals surface area contributed by atoms with Gasteiger partial charge in [0.1, 0.15) is 5.69 Å². The number of carboxylic acid groups (broad SMARTS) is 1. The maximum Gasteiger partial charge on any atom is 0.352 e. The number of nitrogens with zero attached hydrogens (tertiary/aromatic N) is 1. The number of nitrogens with one attached hydrogen (secondary N) is 1. The van der Waals surface area contributed by atoms with Crippen LogP contribution < -0.4 is 5.32 Å². The summed E-state index contributed by atoms with van der Waals surface area (Å²) in [4.78, 5) is 11.0. The molecule has 0 unspecified atom stereocenters. The number of aromatic nitrogens is 1.